The molecule has 0 spiro atoms. The van der Waals surface area contributed by atoms with E-state index in [2.05, 4.69) is 13.8 Å². The molecular formula is C28H44O4. The number of phenols is 1. The molecule has 0 bridgehead atoms. The molecule has 2 aliphatic heterocycles. The van der Waals surface area contributed by atoms with Crippen LogP contribution in [-0.4, -0.2) is 30.2 Å². The van der Waals surface area contributed by atoms with Crippen molar-refractivity contribution in [3.05, 3.63) is 29.8 Å². The van der Waals surface area contributed by atoms with Crippen LogP contribution in [0.5, 0.6) is 5.75 Å². The second kappa shape index (κ2) is 13.3. The lowest BCUT2D eigenvalue weighted by atomic mass is 9.80. The quantitative estimate of drug-likeness (QED) is 0.513. The van der Waals surface area contributed by atoms with Gasteiger partial charge in [0.15, 0.2) is 0 Å². The predicted molar refractivity (Wildman–Crippen MR) is 129 cm³/mol. The van der Waals surface area contributed by atoms with E-state index in [4.69, 9.17) is 9.47 Å². The van der Waals surface area contributed by atoms with Gasteiger partial charge in [0.1, 0.15) is 11.5 Å². The van der Waals surface area contributed by atoms with Crippen LogP contribution in [0.4, 0.5) is 0 Å². The Morgan fingerprint density at radius 2 is 1.41 bits per heavy atom. The number of carbonyl (C=O) groups is 1. The van der Waals surface area contributed by atoms with E-state index in [0.29, 0.717) is 23.6 Å². The number of benzene rings is 1. The number of phenolic OH excluding ortho intramolecular Hbond substituents is 1. The minimum absolute atomic E-state index is 0.230. The first-order chi connectivity index (χ1) is 15.6. The summed E-state index contributed by atoms with van der Waals surface area (Å²) in [5.41, 5.74) is 1.19. The lowest BCUT2D eigenvalue weighted by Gasteiger charge is -2.35. The molecule has 1 aromatic rings. The Bertz CT molecular complexity index is 645. The summed E-state index contributed by atoms with van der Waals surface area (Å²) in [5, 5.41) is 9.23. The van der Waals surface area contributed by atoms with Gasteiger partial charge in [0.05, 0.1) is 18.8 Å². The highest BCUT2D eigenvalue weighted by molar-refractivity contribution is 5.79. The van der Waals surface area contributed by atoms with Crippen LogP contribution in [0, 0.1) is 17.8 Å². The molecule has 4 heteroatoms. The molecule has 1 saturated carbocycles. The Labute approximate surface area is 195 Å². The summed E-state index contributed by atoms with van der Waals surface area (Å²) < 4.78 is 11.9. The molecule has 3 aliphatic rings. The van der Waals surface area contributed by atoms with Gasteiger partial charge in [-0.15, -0.1) is 0 Å². The van der Waals surface area contributed by atoms with Gasteiger partial charge in [0, 0.05) is 19.4 Å². The van der Waals surface area contributed by atoms with Crippen LogP contribution in [-0.2, 0) is 14.3 Å². The maximum Gasteiger partial charge on any atom is 0.132 e. The molecule has 4 rings (SSSR count). The molecule has 3 fully saturated rings. The summed E-state index contributed by atoms with van der Waals surface area (Å²) in [6.45, 7) is 6.33. The van der Waals surface area contributed by atoms with Crippen molar-refractivity contribution in [3.8, 4) is 5.75 Å². The molecule has 1 aliphatic carbocycles. The summed E-state index contributed by atoms with van der Waals surface area (Å²) in [4.78, 5) is 11.2. The summed E-state index contributed by atoms with van der Waals surface area (Å²) in [6, 6.07) is 7.38. The third-order valence-corrected chi connectivity index (χ3v) is 7.55. The lowest BCUT2D eigenvalue weighted by molar-refractivity contribution is -0.123. The van der Waals surface area contributed by atoms with Gasteiger partial charge in [-0.2, -0.15) is 0 Å². The highest BCUT2D eigenvalue weighted by Gasteiger charge is 2.30. The van der Waals surface area contributed by atoms with Gasteiger partial charge in [-0.05, 0) is 86.8 Å². The summed E-state index contributed by atoms with van der Waals surface area (Å²) >= 11 is 0. The Morgan fingerprint density at radius 1 is 0.812 bits per heavy atom. The van der Waals surface area contributed by atoms with E-state index in [1.165, 1.54) is 50.5 Å². The molecule has 4 nitrogen and oxygen atoms in total. The first-order valence-corrected chi connectivity index (χ1v) is 13.1. The number of hydrogen-bond acceptors (Lipinski definition) is 4. The highest BCUT2D eigenvalue weighted by Crippen LogP contribution is 2.34. The van der Waals surface area contributed by atoms with Gasteiger partial charge in [-0.25, -0.2) is 0 Å². The minimum atomic E-state index is 0.230. The van der Waals surface area contributed by atoms with Crippen molar-refractivity contribution >= 4 is 5.78 Å². The van der Waals surface area contributed by atoms with Gasteiger partial charge < -0.3 is 14.6 Å². The van der Waals surface area contributed by atoms with Crippen molar-refractivity contribution in [2.24, 2.45) is 17.8 Å². The fraction of sp³-hybridized carbons (Fsp3) is 0.750. The van der Waals surface area contributed by atoms with E-state index >= 15 is 0 Å². The SMILES string of the molecule is CCCC1CCC(C2CCC(=O)CC2)OC1.CCCC1CCC(c2ccc(O)cc2)OC1. The molecule has 4 unspecified atom stereocenters. The third kappa shape index (κ3) is 7.88. The Balaban J connectivity index is 0.000000181. The summed E-state index contributed by atoms with van der Waals surface area (Å²) in [6.07, 6.45) is 14.5. The van der Waals surface area contributed by atoms with Crippen molar-refractivity contribution < 1.29 is 19.4 Å². The smallest absolute Gasteiger partial charge is 0.132 e. The maximum atomic E-state index is 11.2. The molecule has 0 amide bonds. The monoisotopic (exact) mass is 444 g/mol. The minimum Gasteiger partial charge on any atom is -0.508 e. The van der Waals surface area contributed by atoms with Gasteiger partial charge in [-0.3, -0.25) is 4.79 Å². The number of rotatable bonds is 6. The van der Waals surface area contributed by atoms with Crippen molar-refractivity contribution in [2.45, 2.75) is 103 Å². The van der Waals surface area contributed by atoms with Crippen LogP contribution >= 0.6 is 0 Å². The van der Waals surface area contributed by atoms with Crippen LogP contribution in [0.3, 0.4) is 0 Å². The average molecular weight is 445 g/mol. The van der Waals surface area contributed by atoms with Crippen molar-refractivity contribution in [2.75, 3.05) is 13.2 Å². The molecule has 0 aromatic heterocycles. The molecule has 0 radical (unpaired) electrons. The fourth-order valence-electron chi connectivity index (χ4n) is 5.56. The highest BCUT2D eigenvalue weighted by atomic mass is 16.5. The molecule has 1 aromatic carbocycles. The van der Waals surface area contributed by atoms with Crippen molar-refractivity contribution in [3.63, 3.8) is 0 Å². The zero-order valence-corrected chi connectivity index (χ0v) is 20.3. The first kappa shape index (κ1) is 25.2. The second-order valence-electron chi connectivity index (χ2n) is 10.1. The molecular weight excluding hydrogens is 400 g/mol. The van der Waals surface area contributed by atoms with Crippen LogP contribution in [0.2, 0.25) is 0 Å². The van der Waals surface area contributed by atoms with Gasteiger partial charge in [-0.1, -0.05) is 38.8 Å². The molecule has 32 heavy (non-hydrogen) atoms. The average Bonchev–Trinajstić information content (AvgIpc) is 2.82. The number of ketones is 1. The fourth-order valence-corrected chi connectivity index (χ4v) is 5.56. The zero-order chi connectivity index (χ0) is 22.8. The van der Waals surface area contributed by atoms with Crippen molar-refractivity contribution in [1.29, 1.82) is 0 Å². The van der Waals surface area contributed by atoms with E-state index in [0.717, 1.165) is 57.2 Å². The van der Waals surface area contributed by atoms with Gasteiger partial charge >= 0.3 is 0 Å². The van der Waals surface area contributed by atoms with E-state index in [1.54, 1.807) is 12.1 Å². The van der Waals surface area contributed by atoms with Gasteiger partial charge in [0.2, 0.25) is 0 Å². The normalized spacial score (nSPS) is 29.2. The van der Waals surface area contributed by atoms with Gasteiger partial charge in [0.25, 0.3) is 0 Å². The Kier molecular flexibility index (Phi) is 10.5. The van der Waals surface area contributed by atoms with Crippen molar-refractivity contribution in [1.82, 2.24) is 0 Å². The number of aromatic hydroxyl groups is 1. The maximum absolute atomic E-state index is 11.2. The summed E-state index contributed by atoms with van der Waals surface area (Å²) in [5.74, 6) is 2.99. The number of hydrogen-bond donors (Lipinski definition) is 1. The van der Waals surface area contributed by atoms with Crippen LogP contribution in [0.15, 0.2) is 24.3 Å². The molecule has 2 heterocycles. The third-order valence-electron chi connectivity index (χ3n) is 7.55. The molecule has 4 atom stereocenters. The molecule has 1 N–H and O–H groups in total. The van der Waals surface area contributed by atoms with Crippen LogP contribution in [0.25, 0.3) is 0 Å². The lowest BCUT2D eigenvalue weighted by Crippen LogP contribution is -2.34. The largest absolute Gasteiger partial charge is 0.508 e. The predicted octanol–water partition coefficient (Wildman–Crippen LogP) is 7.00. The molecule has 180 valence electrons. The van der Waals surface area contributed by atoms with E-state index in [9.17, 15) is 9.90 Å². The summed E-state index contributed by atoms with van der Waals surface area (Å²) in [7, 11) is 0. The number of ether oxygens (including phenoxy) is 2. The van der Waals surface area contributed by atoms with E-state index in [-0.39, 0.29) is 6.10 Å². The second-order valence-corrected chi connectivity index (χ2v) is 10.1. The standard InChI is InChI=1S/C14H24O2.C14H20O2/c2*1-2-3-11-4-9-14(16-10-11)12-5-7-13(15)8-6-12/h11-12,14H,2-10H2,1H3;5-8,11,14-15H,2-4,9-10H2,1H3. The van der Waals surface area contributed by atoms with E-state index in [1.807, 2.05) is 12.1 Å². The Morgan fingerprint density at radius 3 is 1.91 bits per heavy atom. The Hall–Kier alpha value is -1.39. The molecule has 2 saturated heterocycles. The number of Topliss-reactive ketones (excluding diaryl/α,β-unsaturated/α-hetero) is 1. The van der Waals surface area contributed by atoms with Crippen LogP contribution in [0.1, 0.15) is 103 Å². The van der Waals surface area contributed by atoms with E-state index < -0.39 is 0 Å². The first-order valence-electron chi connectivity index (χ1n) is 13.1. The number of carbonyl (C=O) groups excluding carboxylic acids is 1. The zero-order valence-electron chi connectivity index (χ0n) is 20.3. The van der Waals surface area contributed by atoms with Crippen LogP contribution < -0.4 is 0 Å². The topological polar surface area (TPSA) is 55.8 Å².